The molecule has 0 fully saturated rings. The Morgan fingerprint density at radius 1 is 1.24 bits per heavy atom. The Morgan fingerprint density at radius 2 is 2.00 bits per heavy atom. The summed E-state index contributed by atoms with van der Waals surface area (Å²) in [5, 5.41) is 27.4. The number of aromatic nitrogens is 5. The van der Waals surface area contributed by atoms with E-state index in [1.54, 1.807) is 30.5 Å². The summed E-state index contributed by atoms with van der Waals surface area (Å²) < 4.78 is 1.87. The molecule has 3 N–H and O–H groups in total. The van der Waals surface area contributed by atoms with E-state index >= 15 is 0 Å². The third kappa shape index (κ3) is 2.75. The van der Waals surface area contributed by atoms with E-state index in [-0.39, 0.29) is 5.75 Å². The summed E-state index contributed by atoms with van der Waals surface area (Å²) in [6.45, 7) is 1.90. The monoisotopic (exact) mass is 300 g/mol. The maximum absolute atomic E-state index is 9.25. The first kappa shape index (κ1) is 13.3. The van der Waals surface area contributed by atoms with Gasteiger partial charge < -0.3 is 5.11 Å². The summed E-state index contributed by atoms with van der Waals surface area (Å²) in [4.78, 5) is 0. The number of rotatable bonds is 3. The first-order valence-electron chi connectivity index (χ1n) is 6.16. The van der Waals surface area contributed by atoms with Crippen LogP contribution in [0.4, 0.5) is 0 Å². The van der Waals surface area contributed by atoms with Gasteiger partial charge in [-0.3, -0.25) is 5.10 Å². The predicted molar refractivity (Wildman–Crippen MR) is 80.8 cm³/mol. The lowest BCUT2D eigenvalue weighted by Crippen LogP contribution is -1.95. The number of H-pyrrole nitrogens is 2. The highest BCUT2D eigenvalue weighted by molar-refractivity contribution is 7.71. The van der Waals surface area contributed by atoms with Crippen LogP contribution in [0.15, 0.2) is 35.4 Å². The van der Waals surface area contributed by atoms with Crippen LogP contribution < -0.4 is 0 Å². The first-order chi connectivity index (χ1) is 10.1. The van der Waals surface area contributed by atoms with Gasteiger partial charge in [0.1, 0.15) is 11.4 Å². The van der Waals surface area contributed by atoms with Gasteiger partial charge in [0, 0.05) is 5.69 Å². The van der Waals surface area contributed by atoms with Crippen molar-refractivity contribution >= 4 is 18.4 Å². The zero-order valence-electron chi connectivity index (χ0n) is 11.1. The summed E-state index contributed by atoms with van der Waals surface area (Å²) >= 11 is 5.17. The van der Waals surface area contributed by atoms with Crippen LogP contribution in [-0.2, 0) is 0 Å². The maximum atomic E-state index is 9.25. The van der Waals surface area contributed by atoms with Gasteiger partial charge >= 0.3 is 0 Å². The van der Waals surface area contributed by atoms with Crippen LogP contribution in [0.1, 0.15) is 11.3 Å². The van der Waals surface area contributed by atoms with Crippen LogP contribution in [-0.4, -0.2) is 36.4 Å². The van der Waals surface area contributed by atoms with Gasteiger partial charge in [-0.15, -0.1) is 0 Å². The summed E-state index contributed by atoms with van der Waals surface area (Å²) in [6.07, 6.45) is 1.63. The fraction of sp³-hybridized carbons (Fsp3) is 0.0769. The molecule has 0 aliphatic carbocycles. The van der Waals surface area contributed by atoms with Gasteiger partial charge in [0.15, 0.2) is 0 Å². The zero-order valence-corrected chi connectivity index (χ0v) is 11.9. The van der Waals surface area contributed by atoms with E-state index in [2.05, 4.69) is 25.5 Å². The van der Waals surface area contributed by atoms with Gasteiger partial charge in [-0.25, -0.2) is 5.10 Å². The number of hydrogen-bond acceptors (Lipinski definition) is 5. The number of aromatic hydroxyl groups is 1. The highest BCUT2D eigenvalue weighted by Crippen LogP contribution is 2.15. The minimum atomic E-state index is 0.208. The lowest BCUT2D eigenvalue weighted by Gasteiger charge is -1.97. The summed E-state index contributed by atoms with van der Waals surface area (Å²) in [5.41, 5.74) is 2.41. The van der Waals surface area contributed by atoms with Crippen LogP contribution in [0, 0.1) is 11.7 Å². The van der Waals surface area contributed by atoms with Crippen molar-refractivity contribution < 1.29 is 5.11 Å². The van der Waals surface area contributed by atoms with E-state index in [1.807, 2.05) is 13.0 Å². The van der Waals surface area contributed by atoms with Gasteiger partial charge in [-0.1, -0.05) is 0 Å². The van der Waals surface area contributed by atoms with Gasteiger partial charge in [-0.2, -0.15) is 20.0 Å². The largest absolute Gasteiger partial charge is 0.508 e. The molecule has 0 atom stereocenters. The first-order valence-corrected chi connectivity index (χ1v) is 6.57. The molecule has 0 amide bonds. The minimum Gasteiger partial charge on any atom is -0.508 e. The maximum Gasteiger partial charge on any atom is 0.216 e. The number of nitrogens with zero attached hydrogens (tertiary/aromatic N) is 4. The van der Waals surface area contributed by atoms with Crippen LogP contribution in [0.25, 0.3) is 11.5 Å². The number of aryl methyl sites for hydroxylation is 1. The number of phenols is 1. The third-order valence-corrected chi connectivity index (χ3v) is 3.07. The van der Waals surface area contributed by atoms with Crippen molar-refractivity contribution in [1.29, 1.82) is 0 Å². The van der Waals surface area contributed by atoms with E-state index in [1.165, 1.54) is 4.68 Å². The molecule has 0 unspecified atom stereocenters. The van der Waals surface area contributed by atoms with Crippen molar-refractivity contribution in [1.82, 2.24) is 25.1 Å². The Balaban J connectivity index is 1.97. The normalized spacial score (nSPS) is 11.3. The second kappa shape index (κ2) is 5.33. The van der Waals surface area contributed by atoms with E-state index in [4.69, 9.17) is 12.2 Å². The van der Waals surface area contributed by atoms with Crippen LogP contribution >= 0.6 is 12.2 Å². The van der Waals surface area contributed by atoms with Crippen LogP contribution in [0.5, 0.6) is 5.75 Å². The molecule has 106 valence electrons. The van der Waals surface area contributed by atoms with Crippen LogP contribution in [0.2, 0.25) is 0 Å². The van der Waals surface area contributed by atoms with Crippen molar-refractivity contribution in [2.24, 2.45) is 5.10 Å². The number of benzene rings is 1. The molecule has 0 saturated heterocycles. The fourth-order valence-electron chi connectivity index (χ4n) is 1.78. The lowest BCUT2D eigenvalue weighted by atomic mass is 10.2. The van der Waals surface area contributed by atoms with Crippen LogP contribution in [0.3, 0.4) is 0 Å². The third-order valence-electron chi connectivity index (χ3n) is 2.80. The molecule has 0 aliphatic heterocycles. The molecule has 0 spiro atoms. The van der Waals surface area contributed by atoms with Gasteiger partial charge in [0.2, 0.25) is 10.6 Å². The number of nitrogens with one attached hydrogen (secondary N) is 2. The average molecular weight is 300 g/mol. The highest BCUT2D eigenvalue weighted by Gasteiger charge is 2.10. The number of aromatic amines is 2. The van der Waals surface area contributed by atoms with Crippen molar-refractivity contribution in [3.8, 4) is 17.3 Å². The summed E-state index contributed by atoms with van der Waals surface area (Å²) in [6, 6.07) is 8.54. The molecule has 1 aromatic carbocycles. The number of phenolic OH excluding ortho intramolecular Hbond substituents is 1. The molecule has 0 bridgehead atoms. The lowest BCUT2D eigenvalue weighted by molar-refractivity contribution is 0.475. The summed E-state index contributed by atoms with van der Waals surface area (Å²) in [5.74, 6) is 0.735. The predicted octanol–water partition coefficient (Wildman–Crippen LogP) is 2.23. The van der Waals surface area contributed by atoms with Crippen molar-refractivity contribution in [3.05, 3.63) is 46.4 Å². The molecule has 3 rings (SSSR count). The second-order valence-corrected chi connectivity index (χ2v) is 4.82. The molecule has 0 radical (unpaired) electrons. The summed E-state index contributed by atoms with van der Waals surface area (Å²) in [7, 11) is 0. The van der Waals surface area contributed by atoms with E-state index in [0.29, 0.717) is 16.3 Å². The highest BCUT2D eigenvalue weighted by atomic mass is 32.1. The van der Waals surface area contributed by atoms with E-state index in [9.17, 15) is 5.11 Å². The van der Waals surface area contributed by atoms with Crippen molar-refractivity contribution in [2.45, 2.75) is 6.92 Å². The molecule has 0 aliphatic rings. The molecule has 7 nitrogen and oxygen atoms in total. The number of hydrogen-bond donors (Lipinski definition) is 3. The second-order valence-electron chi connectivity index (χ2n) is 4.44. The quantitative estimate of drug-likeness (QED) is 0.510. The Labute approximate surface area is 125 Å². The molecule has 8 heteroatoms. The zero-order chi connectivity index (χ0) is 14.8. The topological polar surface area (TPSA) is 94.9 Å². The molecule has 21 heavy (non-hydrogen) atoms. The average Bonchev–Trinajstić information content (AvgIpc) is 3.05. The molecule has 2 aromatic heterocycles. The molecular formula is C13H12N6OS. The standard InChI is InChI=1S/C13H12N6OS/c1-8-6-11(16-15-8)12-17-18-13(21)19(12)14-7-9-2-4-10(20)5-3-9/h2-7,20H,1H3,(H,15,16)(H,18,21)/b14-7+. The van der Waals surface area contributed by atoms with Crippen molar-refractivity contribution in [2.75, 3.05) is 0 Å². The Hall–Kier alpha value is -2.74. The van der Waals surface area contributed by atoms with Crippen molar-refractivity contribution in [3.63, 3.8) is 0 Å². The SMILES string of the molecule is Cc1cc(-c2n[nH]c(=S)n2/N=C/c2ccc(O)cc2)n[nH]1. The molecule has 2 heterocycles. The van der Waals surface area contributed by atoms with E-state index < -0.39 is 0 Å². The Kier molecular flexibility index (Phi) is 3.36. The molecule has 3 aromatic rings. The van der Waals surface area contributed by atoms with Gasteiger partial charge in [0.05, 0.1) is 6.21 Å². The Bertz CT molecular complexity index is 842. The Morgan fingerprint density at radius 3 is 2.67 bits per heavy atom. The van der Waals surface area contributed by atoms with Gasteiger partial charge in [0.25, 0.3) is 0 Å². The minimum absolute atomic E-state index is 0.208. The van der Waals surface area contributed by atoms with Gasteiger partial charge in [-0.05, 0) is 55.0 Å². The molecular weight excluding hydrogens is 288 g/mol. The fourth-order valence-corrected chi connectivity index (χ4v) is 1.96. The molecule has 0 saturated carbocycles. The van der Waals surface area contributed by atoms with E-state index in [0.717, 1.165) is 11.3 Å². The smallest absolute Gasteiger partial charge is 0.216 e.